The highest BCUT2D eigenvalue weighted by Crippen LogP contribution is 1.77. The zero-order valence-corrected chi connectivity index (χ0v) is 9.97. The van der Waals surface area contributed by atoms with Crippen LogP contribution >= 0.6 is 0 Å². The summed E-state index contributed by atoms with van der Waals surface area (Å²) in [6.07, 6.45) is 0.434. The van der Waals surface area contributed by atoms with Gasteiger partial charge in [0.2, 0.25) is 11.8 Å². The normalized spacial score (nSPS) is 9.88. The summed E-state index contributed by atoms with van der Waals surface area (Å²) in [5, 5.41) is 8.43. The molecular weight excluding hydrogens is 210 g/mol. The van der Waals surface area contributed by atoms with Crippen LogP contribution in [0.3, 0.4) is 0 Å². The average molecular weight is 231 g/mol. The van der Waals surface area contributed by atoms with Gasteiger partial charge in [0.1, 0.15) is 0 Å². The van der Waals surface area contributed by atoms with Crippen molar-refractivity contribution in [1.29, 1.82) is 0 Å². The first-order chi connectivity index (χ1) is 7.66. The number of carbonyl (C=O) groups excluding carboxylic acids is 2. The largest absolute Gasteiger partial charge is 0.383 e. The molecule has 94 valence electrons. The molecule has 0 aromatic heterocycles. The summed E-state index contributed by atoms with van der Waals surface area (Å²) < 4.78 is 4.80. The summed E-state index contributed by atoms with van der Waals surface area (Å²) in [6.45, 7) is 4.41. The Balaban J connectivity index is 3.18. The van der Waals surface area contributed by atoms with E-state index in [0.29, 0.717) is 39.2 Å². The Morgan fingerprint density at radius 2 is 1.81 bits per heavy atom. The Hall–Kier alpha value is -1.14. The Morgan fingerprint density at radius 3 is 2.44 bits per heavy atom. The SMILES string of the molecule is COCCNC(=O)CCNCCNC(C)=O. The lowest BCUT2D eigenvalue weighted by atomic mass is 10.4. The van der Waals surface area contributed by atoms with E-state index in [4.69, 9.17) is 4.74 Å². The van der Waals surface area contributed by atoms with Crippen LogP contribution in [-0.2, 0) is 14.3 Å². The molecule has 6 nitrogen and oxygen atoms in total. The van der Waals surface area contributed by atoms with Crippen LogP contribution in [0.1, 0.15) is 13.3 Å². The van der Waals surface area contributed by atoms with Crippen LogP contribution < -0.4 is 16.0 Å². The number of amides is 2. The Kier molecular flexibility index (Phi) is 9.64. The molecule has 0 spiro atoms. The topological polar surface area (TPSA) is 79.5 Å². The van der Waals surface area contributed by atoms with Gasteiger partial charge in [-0.3, -0.25) is 9.59 Å². The standard InChI is InChI=1S/C10H21N3O3/c1-9(14)12-6-5-11-4-3-10(15)13-7-8-16-2/h11H,3-8H2,1-2H3,(H,12,14)(H,13,15). The van der Waals surface area contributed by atoms with E-state index in [-0.39, 0.29) is 11.8 Å². The molecule has 0 aliphatic heterocycles. The van der Waals surface area contributed by atoms with Gasteiger partial charge in [-0.25, -0.2) is 0 Å². The molecule has 0 unspecified atom stereocenters. The molecule has 0 aliphatic rings. The van der Waals surface area contributed by atoms with Crippen molar-refractivity contribution in [3.05, 3.63) is 0 Å². The first-order valence-electron chi connectivity index (χ1n) is 5.37. The van der Waals surface area contributed by atoms with E-state index in [1.807, 2.05) is 0 Å². The van der Waals surface area contributed by atoms with Crippen molar-refractivity contribution >= 4 is 11.8 Å². The van der Waals surface area contributed by atoms with Gasteiger partial charge in [0.05, 0.1) is 6.61 Å². The maximum Gasteiger partial charge on any atom is 0.221 e. The van der Waals surface area contributed by atoms with E-state index in [1.54, 1.807) is 7.11 Å². The van der Waals surface area contributed by atoms with E-state index >= 15 is 0 Å². The van der Waals surface area contributed by atoms with Crippen LogP contribution in [-0.4, -0.2) is 51.7 Å². The van der Waals surface area contributed by atoms with Crippen LogP contribution in [0.15, 0.2) is 0 Å². The highest BCUT2D eigenvalue weighted by Gasteiger charge is 1.99. The van der Waals surface area contributed by atoms with Crippen molar-refractivity contribution in [1.82, 2.24) is 16.0 Å². The third kappa shape index (κ3) is 10.9. The van der Waals surface area contributed by atoms with Crippen molar-refractivity contribution < 1.29 is 14.3 Å². The quantitative estimate of drug-likeness (QED) is 0.438. The van der Waals surface area contributed by atoms with Crippen LogP contribution in [0, 0.1) is 0 Å². The second kappa shape index (κ2) is 10.4. The molecule has 0 aliphatic carbocycles. The summed E-state index contributed by atoms with van der Waals surface area (Å²) in [5.41, 5.74) is 0. The lowest BCUT2D eigenvalue weighted by Crippen LogP contribution is -2.33. The summed E-state index contributed by atoms with van der Waals surface area (Å²) in [7, 11) is 1.59. The molecule has 3 N–H and O–H groups in total. The van der Waals surface area contributed by atoms with Gasteiger partial charge in [-0.15, -0.1) is 0 Å². The molecule has 0 saturated heterocycles. The second-order valence-electron chi connectivity index (χ2n) is 3.33. The van der Waals surface area contributed by atoms with Gasteiger partial charge >= 0.3 is 0 Å². The molecule has 0 aromatic carbocycles. The molecule has 0 aromatic rings. The van der Waals surface area contributed by atoms with E-state index in [0.717, 1.165) is 0 Å². The fraction of sp³-hybridized carbons (Fsp3) is 0.800. The number of carbonyl (C=O) groups is 2. The fourth-order valence-electron chi connectivity index (χ4n) is 1.03. The van der Waals surface area contributed by atoms with Crippen molar-refractivity contribution in [2.24, 2.45) is 0 Å². The van der Waals surface area contributed by atoms with Gasteiger partial charge in [0.25, 0.3) is 0 Å². The summed E-state index contributed by atoms with van der Waals surface area (Å²) >= 11 is 0. The van der Waals surface area contributed by atoms with Gasteiger partial charge < -0.3 is 20.7 Å². The zero-order chi connectivity index (χ0) is 12.2. The first kappa shape index (κ1) is 14.9. The van der Waals surface area contributed by atoms with Crippen molar-refractivity contribution in [2.75, 3.05) is 39.9 Å². The molecule has 0 atom stereocenters. The molecule has 6 heteroatoms. The highest BCUT2D eigenvalue weighted by molar-refractivity contribution is 5.76. The van der Waals surface area contributed by atoms with E-state index in [1.165, 1.54) is 6.92 Å². The highest BCUT2D eigenvalue weighted by atomic mass is 16.5. The number of hydrogen-bond donors (Lipinski definition) is 3. The molecular formula is C10H21N3O3. The molecule has 0 radical (unpaired) electrons. The maximum absolute atomic E-state index is 11.2. The molecule has 0 saturated carbocycles. The average Bonchev–Trinajstić information content (AvgIpc) is 2.23. The predicted octanol–water partition coefficient (Wildman–Crippen LogP) is -1.14. The molecule has 0 bridgehead atoms. The van der Waals surface area contributed by atoms with Gasteiger partial charge in [-0.1, -0.05) is 0 Å². The molecule has 0 fully saturated rings. The second-order valence-corrected chi connectivity index (χ2v) is 3.33. The molecule has 2 amide bonds. The van der Waals surface area contributed by atoms with Gasteiger partial charge in [-0.05, 0) is 0 Å². The minimum absolute atomic E-state index is 0.00378. The van der Waals surface area contributed by atoms with Crippen LogP contribution in [0.2, 0.25) is 0 Å². The molecule has 0 rings (SSSR count). The number of nitrogens with one attached hydrogen (secondary N) is 3. The zero-order valence-electron chi connectivity index (χ0n) is 9.97. The van der Waals surface area contributed by atoms with Gasteiger partial charge in [-0.2, -0.15) is 0 Å². The Labute approximate surface area is 96.1 Å². The lowest BCUT2D eigenvalue weighted by molar-refractivity contribution is -0.121. The summed E-state index contributed by atoms with van der Waals surface area (Å²) in [4.78, 5) is 21.7. The van der Waals surface area contributed by atoms with Crippen molar-refractivity contribution in [3.8, 4) is 0 Å². The van der Waals surface area contributed by atoms with Crippen LogP contribution in [0.25, 0.3) is 0 Å². The number of ether oxygens (including phenoxy) is 1. The van der Waals surface area contributed by atoms with Gasteiger partial charge in [0, 0.05) is 46.6 Å². The smallest absolute Gasteiger partial charge is 0.221 e. The third-order valence-corrected chi connectivity index (χ3v) is 1.83. The van der Waals surface area contributed by atoms with Gasteiger partial charge in [0.15, 0.2) is 0 Å². The number of hydrogen-bond acceptors (Lipinski definition) is 4. The third-order valence-electron chi connectivity index (χ3n) is 1.83. The van der Waals surface area contributed by atoms with Crippen molar-refractivity contribution in [2.45, 2.75) is 13.3 Å². The predicted molar refractivity (Wildman–Crippen MR) is 61.1 cm³/mol. The van der Waals surface area contributed by atoms with E-state index in [9.17, 15) is 9.59 Å². The van der Waals surface area contributed by atoms with Crippen molar-refractivity contribution in [3.63, 3.8) is 0 Å². The maximum atomic E-state index is 11.2. The fourth-order valence-corrected chi connectivity index (χ4v) is 1.03. The van der Waals surface area contributed by atoms with E-state index in [2.05, 4.69) is 16.0 Å². The van der Waals surface area contributed by atoms with E-state index < -0.39 is 0 Å². The molecule has 0 heterocycles. The minimum atomic E-state index is -0.0425. The first-order valence-corrected chi connectivity index (χ1v) is 5.37. The summed E-state index contributed by atoms with van der Waals surface area (Å²) in [6, 6.07) is 0. The van der Waals surface area contributed by atoms with Crippen LogP contribution in [0.4, 0.5) is 0 Å². The number of rotatable bonds is 9. The number of methoxy groups -OCH3 is 1. The van der Waals surface area contributed by atoms with Crippen LogP contribution in [0.5, 0.6) is 0 Å². The molecule has 16 heavy (non-hydrogen) atoms. The minimum Gasteiger partial charge on any atom is -0.383 e. The Morgan fingerprint density at radius 1 is 1.06 bits per heavy atom. The Bertz CT molecular complexity index is 209. The summed E-state index contributed by atoms with van der Waals surface area (Å²) in [5.74, 6) is -0.0387. The lowest BCUT2D eigenvalue weighted by Gasteiger charge is -2.06. The monoisotopic (exact) mass is 231 g/mol.